The van der Waals surface area contributed by atoms with Crippen molar-refractivity contribution in [1.29, 1.82) is 0 Å². The molecule has 2 atom stereocenters. The van der Waals surface area contributed by atoms with Gasteiger partial charge in [0, 0.05) is 32.0 Å². The topological polar surface area (TPSA) is 38.5 Å². The summed E-state index contributed by atoms with van der Waals surface area (Å²) < 4.78 is 1.79. The van der Waals surface area contributed by atoms with Crippen LogP contribution in [0.5, 0.6) is 0 Å². The molecule has 1 fully saturated rings. The van der Waals surface area contributed by atoms with Gasteiger partial charge in [0.15, 0.2) is 5.43 Å². The Morgan fingerprint density at radius 1 is 0.511 bits per heavy atom. The fraction of sp³-hybridized carbons (Fsp3) is 0.116. The minimum absolute atomic E-state index is 0.0428. The van der Waals surface area contributed by atoms with Crippen molar-refractivity contribution in [2.24, 2.45) is 0 Å². The summed E-state index contributed by atoms with van der Waals surface area (Å²) >= 11 is 2.05. The van der Waals surface area contributed by atoms with Crippen LogP contribution in [0.25, 0.3) is 60.2 Å². The molecule has 1 saturated heterocycles. The van der Waals surface area contributed by atoms with Crippen molar-refractivity contribution >= 4 is 49.7 Å². The summed E-state index contributed by atoms with van der Waals surface area (Å²) in [5.74, 6) is 0. The van der Waals surface area contributed by atoms with E-state index in [1.807, 2.05) is 54.2 Å². The first-order chi connectivity index (χ1) is 23.0. The summed E-state index contributed by atoms with van der Waals surface area (Å²) in [6.45, 7) is 4.52. The monoisotopic (exact) mass is 623 g/mol. The molecule has 11 rings (SSSR count). The third-order valence-corrected chi connectivity index (χ3v) is 12.1. The number of thioether (sulfide) groups is 1. The first-order valence-corrected chi connectivity index (χ1v) is 17.2. The van der Waals surface area contributed by atoms with E-state index in [0.29, 0.717) is 27.2 Å². The van der Waals surface area contributed by atoms with Crippen LogP contribution >= 0.6 is 11.8 Å². The molecule has 0 bridgehead atoms. The smallest absolute Gasteiger partial charge is 0.263 e. The minimum atomic E-state index is -0.547. The van der Waals surface area contributed by atoms with Gasteiger partial charge in [-0.15, -0.1) is 0 Å². The minimum Gasteiger partial charge on any atom is -0.288 e. The van der Waals surface area contributed by atoms with Gasteiger partial charge in [-0.3, -0.25) is 14.0 Å². The van der Waals surface area contributed by atoms with Gasteiger partial charge >= 0.3 is 0 Å². The molecule has 0 N–H and O–H groups in total. The Hall–Kier alpha value is -5.19. The molecule has 47 heavy (non-hydrogen) atoms. The van der Waals surface area contributed by atoms with E-state index in [2.05, 4.69) is 98.8 Å². The molecule has 2 aliphatic carbocycles. The number of nitrogens with zero attached hydrogens (tertiary/aromatic N) is 1. The normalized spacial score (nSPS) is 17.8. The number of hydrogen-bond acceptors (Lipinski definition) is 3. The highest BCUT2D eigenvalue weighted by Crippen LogP contribution is 2.63. The lowest BCUT2D eigenvalue weighted by Gasteiger charge is -2.30. The maximum Gasteiger partial charge on any atom is 0.263 e. The van der Waals surface area contributed by atoms with Crippen LogP contribution in [0, 0.1) is 0 Å². The van der Waals surface area contributed by atoms with Gasteiger partial charge in [0.05, 0.1) is 16.4 Å². The Labute approximate surface area is 275 Å². The van der Waals surface area contributed by atoms with Crippen LogP contribution in [-0.4, -0.2) is 14.9 Å². The highest BCUT2D eigenvalue weighted by molar-refractivity contribution is 8.07. The van der Waals surface area contributed by atoms with Crippen LogP contribution in [-0.2, 0) is 5.41 Å². The standard InChI is InChI=1S/C39H21NO2.C4H8S/c41-37-28-16-9-15-26-22-10-1-2-14-27(22)38(42)40(36(26)28)35-21-29-25-13-5-8-19-33(25)39(34(29)20-30(35)37)31-17-6-3-11-23(31)24-12-4-7-18-32(24)39;1-3-4(2)5-3/h1-21H;3-4H,1-2H3. The molecule has 8 aromatic rings. The first kappa shape index (κ1) is 27.0. The maximum atomic E-state index is 14.4. The quantitative estimate of drug-likeness (QED) is 0.0960. The molecule has 2 unspecified atom stereocenters. The molecular weight excluding hydrogens is 595 g/mol. The van der Waals surface area contributed by atoms with Gasteiger partial charge in [0.25, 0.3) is 5.56 Å². The number of rotatable bonds is 0. The van der Waals surface area contributed by atoms with Crippen molar-refractivity contribution in [2.75, 3.05) is 0 Å². The molecule has 0 radical (unpaired) electrons. The molecular formula is C43H29NO2S. The zero-order chi connectivity index (χ0) is 31.6. The summed E-state index contributed by atoms with van der Waals surface area (Å²) in [4.78, 5) is 28.6. The number of pyridine rings is 2. The largest absolute Gasteiger partial charge is 0.288 e. The average Bonchev–Trinajstić information content (AvgIpc) is 3.57. The average molecular weight is 624 g/mol. The molecule has 3 aliphatic rings. The van der Waals surface area contributed by atoms with Crippen molar-refractivity contribution in [3.8, 4) is 22.3 Å². The number of fused-ring (bicyclic) bond motifs is 14. The van der Waals surface area contributed by atoms with Crippen LogP contribution in [0.4, 0.5) is 0 Å². The molecule has 6 aromatic carbocycles. The molecule has 3 heterocycles. The molecule has 1 aliphatic heterocycles. The molecule has 3 nitrogen and oxygen atoms in total. The second-order valence-electron chi connectivity index (χ2n) is 13.1. The van der Waals surface area contributed by atoms with Crippen LogP contribution in [0.15, 0.2) is 137 Å². The summed E-state index contributed by atoms with van der Waals surface area (Å²) in [6.07, 6.45) is 0. The number of para-hydroxylation sites is 1. The van der Waals surface area contributed by atoms with Crippen LogP contribution < -0.4 is 11.0 Å². The molecule has 224 valence electrons. The highest BCUT2D eigenvalue weighted by atomic mass is 32.2. The lowest BCUT2D eigenvalue weighted by Crippen LogP contribution is -2.26. The second kappa shape index (κ2) is 9.43. The Balaban J connectivity index is 0.000000525. The van der Waals surface area contributed by atoms with E-state index in [4.69, 9.17) is 0 Å². The fourth-order valence-corrected chi connectivity index (χ4v) is 9.06. The van der Waals surface area contributed by atoms with Crippen molar-refractivity contribution in [3.05, 3.63) is 170 Å². The second-order valence-corrected chi connectivity index (χ2v) is 14.8. The van der Waals surface area contributed by atoms with Crippen LogP contribution in [0.2, 0.25) is 0 Å². The van der Waals surface area contributed by atoms with E-state index in [1.54, 1.807) is 4.40 Å². The zero-order valence-electron chi connectivity index (χ0n) is 26.0. The van der Waals surface area contributed by atoms with Crippen molar-refractivity contribution in [1.82, 2.24) is 4.40 Å². The van der Waals surface area contributed by atoms with Crippen molar-refractivity contribution in [2.45, 2.75) is 29.8 Å². The Bertz CT molecular complexity index is 2710. The molecule has 1 spiro atoms. The maximum absolute atomic E-state index is 14.4. The van der Waals surface area contributed by atoms with E-state index in [-0.39, 0.29) is 11.0 Å². The van der Waals surface area contributed by atoms with Crippen molar-refractivity contribution in [3.63, 3.8) is 0 Å². The van der Waals surface area contributed by atoms with E-state index in [0.717, 1.165) is 38.0 Å². The summed E-state index contributed by atoms with van der Waals surface area (Å²) in [5.41, 5.74) is 10.1. The summed E-state index contributed by atoms with van der Waals surface area (Å²) in [6, 6.07) is 43.6. The Morgan fingerprint density at radius 3 is 1.60 bits per heavy atom. The first-order valence-electron chi connectivity index (χ1n) is 16.2. The Kier molecular flexibility index (Phi) is 5.41. The third kappa shape index (κ3) is 3.38. The lowest BCUT2D eigenvalue weighted by atomic mass is 9.70. The van der Waals surface area contributed by atoms with E-state index < -0.39 is 5.41 Å². The fourth-order valence-electron chi connectivity index (χ4n) is 8.47. The van der Waals surface area contributed by atoms with Gasteiger partial charge in [0.1, 0.15) is 0 Å². The predicted molar refractivity (Wildman–Crippen MR) is 196 cm³/mol. The van der Waals surface area contributed by atoms with Gasteiger partial charge in [0.2, 0.25) is 0 Å². The van der Waals surface area contributed by atoms with Crippen LogP contribution in [0.1, 0.15) is 36.1 Å². The molecule has 2 aromatic heterocycles. The number of benzene rings is 6. The van der Waals surface area contributed by atoms with Gasteiger partial charge in [-0.25, -0.2) is 0 Å². The van der Waals surface area contributed by atoms with Gasteiger partial charge < -0.3 is 0 Å². The van der Waals surface area contributed by atoms with E-state index in [9.17, 15) is 9.59 Å². The van der Waals surface area contributed by atoms with E-state index in [1.165, 1.54) is 27.8 Å². The van der Waals surface area contributed by atoms with Gasteiger partial charge in [-0.1, -0.05) is 117 Å². The summed E-state index contributed by atoms with van der Waals surface area (Å²) in [7, 11) is 0. The van der Waals surface area contributed by atoms with Gasteiger partial charge in [-0.2, -0.15) is 11.8 Å². The van der Waals surface area contributed by atoms with E-state index >= 15 is 0 Å². The number of hydrogen-bond donors (Lipinski definition) is 0. The third-order valence-electron chi connectivity index (χ3n) is 10.8. The lowest BCUT2D eigenvalue weighted by molar-refractivity contribution is 0.795. The Morgan fingerprint density at radius 2 is 1.00 bits per heavy atom. The van der Waals surface area contributed by atoms with Gasteiger partial charge in [-0.05, 0) is 74.2 Å². The molecule has 0 amide bonds. The summed E-state index contributed by atoms with van der Waals surface area (Å²) in [5, 5.41) is 5.51. The molecule has 0 saturated carbocycles. The predicted octanol–water partition coefficient (Wildman–Crippen LogP) is 9.41. The van der Waals surface area contributed by atoms with Crippen LogP contribution in [0.3, 0.4) is 0 Å². The molecule has 4 heteroatoms. The zero-order valence-corrected chi connectivity index (χ0v) is 26.8. The SMILES string of the molecule is CC1SC1C.O=c1c2cc3c(cc2n2c(=O)c4ccccc4c4cccc1c42)-c1ccccc1C31c2ccccc2-c2ccccc21. The highest BCUT2D eigenvalue weighted by Gasteiger charge is 2.51. The number of aromatic nitrogens is 1. The van der Waals surface area contributed by atoms with Crippen molar-refractivity contribution < 1.29 is 0 Å².